The van der Waals surface area contributed by atoms with Crippen molar-refractivity contribution >= 4 is 17.7 Å². The molecular formula is C12H12FN3O2S. The first-order valence-electron chi connectivity index (χ1n) is 5.49. The van der Waals surface area contributed by atoms with Crippen LogP contribution in [0.4, 0.5) is 4.39 Å². The van der Waals surface area contributed by atoms with E-state index in [9.17, 15) is 9.18 Å². The van der Waals surface area contributed by atoms with Gasteiger partial charge in [-0.05, 0) is 24.6 Å². The van der Waals surface area contributed by atoms with Gasteiger partial charge in [0.15, 0.2) is 11.0 Å². The van der Waals surface area contributed by atoms with E-state index in [0.717, 1.165) is 17.3 Å². The molecule has 0 amide bonds. The summed E-state index contributed by atoms with van der Waals surface area (Å²) in [6, 6.07) is 4.81. The third kappa shape index (κ3) is 3.11. The molecule has 0 bridgehead atoms. The molecule has 2 rings (SSSR count). The second kappa shape index (κ2) is 5.40. The fourth-order valence-corrected chi connectivity index (χ4v) is 2.17. The lowest BCUT2D eigenvalue weighted by atomic mass is 10.1. The molecule has 7 heteroatoms. The van der Waals surface area contributed by atoms with Crippen LogP contribution in [0.2, 0.25) is 0 Å². The molecule has 19 heavy (non-hydrogen) atoms. The van der Waals surface area contributed by atoms with E-state index in [-0.39, 0.29) is 17.4 Å². The van der Waals surface area contributed by atoms with Crippen molar-refractivity contribution in [1.29, 1.82) is 0 Å². The monoisotopic (exact) mass is 281 g/mol. The third-order valence-corrected chi connectivity index (χ3v) is 3.42. The van der Waals surface area contributed by atoms with E-state index in [1.165, 1.54) is 10.7 Å². The molecule has 0 aliphatic heterocycles. The lowest BCUT2D eigenvalue weighted by molar-refractivity contribution is -0.133. The fourth-order valence-electron chi connectivity index (χ4n) is 1.54. The number of carboxylic acids is 1. The predicted molar refractivity (Wildman–Crippen MR) is 69.5 cm³/mol. The van der Waals surface area contributed by atoms with Crippen molar-refractivity contribution in [3.63, 3.8) is 0 Å². The van der Waals surface area contributed by atoms with Crippen molar-refractivity contribution in [3.05, 3.63) is 29.6 Å². The number of halogens is 1. The molecule has 1 aromatic heterocycles. The maximum absolute atomic E-state index is 13.8. The number of benzene rings is 1. The van der Waals surface area contributed by atoms with E-state index in [4.69, 9.17) is 5.11 Å². The van der Waals surface area contributed by atoms with Gasteiger partial charge in [0.05, 0.1) is 11.3 Å². The number of aliphatic carboxylic acids is 1. The van der Waals surface area contributed by atoms with Crippen molar-refractivity contribution in [2.45, 2.75) is 12.1 Å². The number of aromatic nitrogens is 3. The zero-order valence-electron chi connectivity index (χ0n) is 10.4. The Morgan fingerprint density at radius 2 is 2.26 bits per heavy atom. The summed E-state index contributed by atoms with van der Waals surface area (Å²) in [6.45, 7) is 1.80. The molecule has 1 aromatic carbocycles. The summed E-state index contributed by atoms with van der Waals surface area (Å²) in [5.41, 5.74) is 1.13. The summed E-state index contributed by atoms with van der Waals surface area (Å²) < 4.78 is 15.2. The molecular weight excluding hydrogens is 269 g/mol. The van der Waals surface area contributed by atoms with Crippen LogP contribution < -0.4 is 0 Å². The first-order chi connectivity index (χ1) is 8.97. The molecule has 0 radical (unpaired) electrons. The summed E-state index contributed by atoms with van der Waals surface area (Å²) in [5.74, 6) is -1.17. The number of carboxylic acid groups (broad SMARTS) is 1. The molecule has 1 N–H and O–H groups in total. The molecule has 0 saturated heterocycles. The lowest BCUT2D eigenvalue weighted by Gasteiger charge is -1.98. The maximum atomic E-state index is 13.8. The topological polar surface area (TPSA) is 68.0 Å². The Bertz CT molecular complexity index is 627. The summed E-state index contributed by atoms with van der Waals surface area (Å²) >= 11 is 1.05. The van der Waals surface area contributed by atoms with Crippen LogP contribution in [0, 0.1) is 12.7 Å². The van der Waals surface area contributed by atoms with Crippen LogP contribution in [0.15, 0.2) is 23.4 Å². The van der Waals surface area contributed by atoms with Gasteiger partial charge in [0.1, 0.15) is 5.82 Å². The lowest BCUT2D eigenvalue weighted by Crippen LogP contribution is -2.00. The van der Waals surface area contributed by atoms with Gasteiger partial charge >= 0.3 is 5.97 Å². The number of aryl methyl sites for hydroxylation is 2. The van der Waals surface area contributed by atoms with E-state index in [1.54, 1.807) is 26.1 Å². The summed E-state index contributed by atoms with van der Waals surface area (Å²) in [7, 11) is 1.65. The normalized spacial score (nSPS) is 10.7. The van der Waals surface area contributed by atoms with Crippen molar-refractivity contribution in [3.8, 4) is 11.4 Å². The van der Waals surface area contributed by atoms with E-state index in [0.29, 0.717) is 10.7 Å². The van der Waals surface area contributed by atoms with Crippen molar-refractivity contribution in [2.75, 3.05) is 5.75 Å². The summed E-state index contributed by atoms with van der Waals surface area (Å²) in [6.07, 6.45) is 0. The van der Waals surface area contributed by atoms with Gasteiger partial charge in [-0.3, -0.25) is 4.79 Å². The van der Waals surface area contributed by atoms with Crippen LogP contribution >= 0.6 is 11.8 Å². The number of thioether (sulfide) groups is 1. The Kier molecular flexibility index (Phi) is 3.84. The van der Waals surface area contributed by atoms with Crippen LogP contribution in [0.25, 0.3) is 11.4 Å². The minimum atomic E-state index is -0.934. The van der Waals surface area contributed by atoms with E-state index >= 15 is 0 Å². The first kappa shape index (κ1) is 13.5. The standard InChI is InChI=1S/C12H12FN3O2S/c1-7-3-4-8(9(13)5-7)11-14-12(16(2)15-11)19-6-10(17)18/h3-5H,6H2,1-2H3,(H,17,18). The van der Waals surface area contributed by atoms with Crippen molar-refractivity contribution in [1.82, 2.24) is 14.8 Å². The maximum Gasteiger partial charge on any atom is 0.313 e. The van der Waals surface area contributed by atoms with Gasteiger partial charge in [0.25, 0.3) is 0 Å². The number of nitrogens with zero attached hydrogens (tertiary/aromatic N) is 3. The second-order valence-electron chi connectivity index (χ2n) is 4.01. The largest absolute Gasteiger partial charge is 0.481 e. The van der Waals surface area contributed by atoms with Gasteiger partial charge < -0.3 is 5.11 Å². The Hall–Kier alpha value is -1.89. The number of hydrogen-bond donors (Lipinski definition) is 1. The molecule has 1 heterocycles. The Labute approximate surface area is 113 Å². The van der Waals surface area contributed by atoms with Gasteiger partial charge in [-0.25, -0.2) is 14.1 Å². The van der Waals surface area contributed by atoms with E-state index in [2.05, 4.69) is 10.1 Å². The number of carbonyl (C=O) groups is 1. The highest BCUT2D eigenvalue weighted by molar-refractivity contribution is 7.99. The van der Waals surface area contributed by atoms with Crippen LogP contribution in [0.5, 0.6) is 0 Å². The van der Waals surface area contributed by atoms with Crippen LogP contribution in [0.1, 0.15) is 5.56 Å². The summed E-state index contributed by atoms with van der Waals surface area (Å²) in [5, 5.41) is 13.2. The molecule has 0 unspecified atom stereocenters. The molecule has 0 aliphatic rings. The van der Waals surface area contributed by atoms with E-state index in [1.807, 2.05) is 0 Å². The minimum absolute atomic E-state index is 0.109. The van der Waals surface area contributed by atoms with Crippen molar-refractivity contribution < 1.29 is 14.3 Å². The summed E-state index contributed by atoms with van der Waals surface area (Å²) in [4.78, 5) is 14.7. The smallest absolute Gasteiger partial charge is 0.313 e. The van der Waals surface area contributed by atoms with Gasteiger partial charge in [-0.1, -0.05) is 17.8 Å². The molecule has 5 nitrogen and oxygen atoms in total. The number of hydrogen-bond acceptors (Lipinski definition) is 4. The molecule has 0 atom stereocenters. The molecule has 0 fully saturated rings. The fraction of sp³-hybridized carbons (Fsp3) is 0.250. The average molecular weight is 281 g/mol. The highest BCUT2D eigenvalue weighted by atomic mass is 32.2. The first-order valence-corrected chi connectivity index (χ1v) is 6.48. The predicted octanol–water partition coefficient (Wildman–Crippen LogP) is 2.11. The quantitative estimate of drug-likeness (QED) is 0.869. The number of rotatable bonds is 4. The molecule has 0 aliphatic carbocycles. The van der Waals surface area contributed by atoms with Crippen LogP contribution in [-0.4, -0.2) is 31.6 Å². The Morgan fingerprint density at radius 1 is 1.53 bits per heavy atom. The van der Waals surface area contributed by atoms with Crippen molar-refractivity contribution in [2.24, 2.45) is 7.05 Å². The van der Waals surface area contributed by atoms with Gasteiger partial charge in [0.2, 0.25) is 0 Å². The molecule has 0 saturated carbocycles. The molecule has 0 spiro atoms. The highest BCUT2D eigenvalue weighted by Crippen LogP contribution is 2.23. The third-order valence-electron chi connectivity index (χ3n) is 2.41. The zero-order chi connectivity index (χ0) is 14.0. The van der Waals surface area contributed by atoms with Crippen LogP contribution in [-0.2, 0) is 11.8 Å². The Morgan fingerprint density at radius 3 is 2.89 bits per heavy atom. The van der Waals surface area contributed by atoms with Gasteiger partial charge in [-0.15, -0.1) is 0 Å². The molecule has 2 aromatic rings. The van der Waals surface area contributed by atoms with E-state index < -0.39 is 5.97 Å². The minimum Gasteiger partial charge on any atom is -0.481 e. The van der Waals surface area contributed by atoms with Crippen LogP contribution in [0.3, 0.4) is 0 Å². The molecule has 100 valence electrons. The second-order valence-corrected chi connectivity index (χ2v) is 4.95. The highest BCUT2D eigenvalue weighted by Gasteiger charge is 2.14. The van der Waals surface area contributed by atoms with Gasteiger partial charge in [-0.2, -0.15) is 5.10 Å². The average Bonchev–Trinajstić information content (AvgIpc) is 2.67. The zero-order valence-corrected chi connectivity index (χ0v) is 11.2. The van der Waals surface area contributed by atoms with Gasteiger partial charge in [0, 0.05) is 7.05 Å². The Balaban J connectivity index is 2.31. The SMILES string of the molecule is Cc1ccc(-c2nc(SCC(=O)O)n(C)n2)c(F)c1.